The van der Waals surface area contributed by atoms with Crippen molar-refractivity contribution in [2.45, 2.75) is 393 Å². The van der Waals surface area contributed by atoms with Gasteiger partial charge in [0.25, 0.3) is 0 Å². The van der Waals surface area contributed by atoms with Crippen LogP contribution in [0, 0.1) is 5.92 Å². The lowest BCUT2D eigenvalue weighted by Crippen LogP contribution is -2.30. The minimum atomic E-state index is -4.95. The van der Waals surface area contributed by atoms with Crippen LogP contribution in [-0.2, 0) is 65.4 Å². The maximum absolute atomic E-state index is 13.0. The second kappa shape index (κ2) is 65.4. The summed E-state index contributed by atoms with van der Waals surface area (Å²) in [5.74, 6) is -1.25. The zero-order valence-corrected chi connectivity index (χ0v) is 60.8. The van der Waals surface area contributed by atoms with Crippen molar-refractivity contribution in [2.24, 2.45) is 5.92 Å². The number of aliphatic hydroxyl groups is 1. The van der Waals surface area contributed by atoms with Crippen LogP contribution in [-0.4, -0.2) is 96.7 Å². The molecule has 0 aliphatic heterocycles. The van der Waals surface area contributed by atoms with Crippen LogP contribution in [0.3, 0.4) is 0 Å². The van der Waals surface area contributed by atoms with Gasteiger partial charge in [0.05, 0.1) is 26.4 Å². The number of hydrogen-bond acceptors (Lipinski definition) is 15. The van der Waals surface area contributed by atoms with Crippen LogP contribution in [0.1, 0.15) is 375 Å². The first-order valence-corrected chi connectivity index (χ1v) is 40.7. The zero-order valence-electron chi connectivity index (χ0n) is 59.0. The highest BCUT2D eigenvalue weighted by molar-refractivity contribution is 7.47. The molecule has 0 rings (SSSR count). The Kier molecular flexibility index (Phi) is 64.0. The number of esters is 4. The SMILES string of the molecule is CCCCCCCCCCCCCCCC(=O)OC[C@H](COP(=O)(O)OC[C@@H](O)COP(=O)(O)OC[C@@H](COC(=O)CCCCCCCCC)OC(=O)CCCCCCCCCCC)OC(=O)CCCCCCCCCCCCCCCCCCCCC(C)CC. The van der Waals surface area contributed by atoms with Gasteiger partial charge in [-0.15, -0.1) is 0 Å². The predicted octanol–water partition coefficient (Wildman–Crippen LogP) is 20.9. The summed E-state index contributed by atoms with van der Waals surface area (Å²) in [4.78, 5) is 72.4. The maximum atomic E-state index is 13.0. The van der Waals surface area contributed by atoms with Crippen molar-refractivity contribution in [3.8, 4) is 0 Å². The number of phosphoric ester groups is 2. The highest BCUT2D eigenvalue weighted by atomic mass is 31.2. The number of carbonyl (C=O) groups is 4. The van der Waals surface area contributed by atoms with Crippen molar-refractivity contribution in [2.75, 3.05) is 39.6 Å². The van der Waals surface area contributed by atoms with E-state index >= 15 is 0 Å². The first-order valence-electron chi connectivity index (χ1n) is 37.7. The van der Waals surface area contributed by atoms with Gasteiger partial charge in [0, 0.05) is 25.7 Å². The molecular formula is C72H140O17P2. The molecule has 0 aliphatic carbocycles. The lowest BCUT2D eigenvalue weighted by molar-refractivity contribution is -0.161. The van der Waals surface area contributed by atoms with E-state index in [0.717, 1.165) is 109 Å². The van der Waals surface area contributed by atoms with Gasteiger partial charge in [0.2, 0.25) is 0 Å². The molecule has 0 amide bonds. The van der Waals surface area contributed by atoms with Crippen LogP contribution in [0.5, 0.6) is 0 Å². The number of aliphatic hydroxyl groups excluding tert-OH is 1. The molecule has 0 fully saturated rings. The van der Waals surface area contributed by atoms with Gasteiger partial charge in [-0.2, -0.15) is 0 Å². The fraction of sp³-hybridized carbons (Fsp3) is 0.944. The quantitative estimate of drug-likeness (QED) is 0.0222. The van der Waals surface area contributed by atoms with E-state index in [-0.39, 0.29) is 25.7 Å². The van der Waals surface area contributed by atoms with Gasteiger partial charge in [-0.3, -0.25) is 37.3 Å². The number of carbonyl (C=O) groups excluding carboxylic acids is 4. The van der Waals surface area contributed by atoms with Gasteiger partial charge in [-0.1, -0.05) is 324 Å². The van der Waals surface area contributed by atoms with E-state index in [4.69, 9.17) is 37.0 Å². The summed E-state index contributed by atoms with van der Waals surface area (Å²) in [6.07, 6.45) is 52.9. The molecule has 91 heavy (non-hydrogen) atoms. The lowest BCUT2D eigenvalue weighted by atomic mass is 9.99. The number of rotatable bonds is 72. The van der Waals surface area contributed by atoms with Gasteiger partial charge >= 0.3 is 39.5 Å². The molecule has 17 nitrogen and oxygen atoms in total. The fourth-order valence-corrected chi connectivity index (χ4v) is 12.5. The van der Waals surface area contributed by atoms with E-state index in [1.54, 1.807) is 0 Å². The van der Waals surface area contributed by atoms with E-state index < -0.39 is 97.5 Å². The van der Waals surface area contributed by atoms with Crippen LogP contribution in [0.4, 0.5) is 0 Å². The third-order valence-corrected chi connectivity index (χ3v) is 19.0. The molecule has 0 spiro atoms. The smallest absolute Gasteiger partial charge is 0.462 e. The van der Waals surface area contributed by atoms with Crippen LogP contribution < -0.4 is 0 Å². The molecule has 0 aliphatic rings. The predicted molar refractivity (Wildman–Crippen MR) is 368 cm³/mol. The minimum absolute atomic E-state index is 0.106. The van der Waals surface area contributed by atoms with Crippen molar-refractivity contribution in [1.82, 2.24) is 0 Å². The van der Waals surface area contributed by atoms with Crippen molar-refractivity contribution in [3.05, 3.63) is 0 Å². The van der Waals surface area contributed by atoms with Crippen LogP contribution in [0.15, 0.2) is 0 Å². The van der Waals surface area contributed by atoms with Crippen LogP contribution in [0.2, 0.25) is 0 Å². The molecule has 0 bridgehead atoms. The van der Waals surface area contributed by atoms with E-state index in [2.05, 4.69) is 34.6 Å². The summed E-state index contributed by atoms with van der Waals surface area (Å²) < 4.78 is 68.2. The highest BCUT2D eigenvalue weighted by Gasteiger charge is 2.30. The molecule has 6 atom stereocenters. The van der Waals surface area contributed by atoms with Crippen molar-refractivity contribution in [3.63, 3.8) is 0 Å². The van der Waals surface area contributed by atoms with E-state index in [0.29, 0.717) is 25.7 Å². The summed E-state index contributed by atoms with van der Waals surface area (Å²) in [5.41, 5.74) is 0. The molecule has 19 heteroatoms. The monoisotopic (exact) mass is 1340 g/mol. The number of phosphoric acid groups is 2. The topological polar surface area (TPSA) is 237 Å². The third-order valence-electron chi connectivity index (χ3n) is 17.1. The lowest BCUT2D eigenvalue weighted by Gasteiger charge is -2.21. The Bertz CT molecular complexity index is 1760. The standard InChI is InChI=1S/C72H140O17P2/c1-6-10-13-16-19-21-22-29-33-37-41-46-51-56-70(75)83-62-68(89-72(77)58-53-48-43-38-34-31-28-26-24-23-25-27-30-32-36-40-44-49-54-65(5)9-4)64-87-91(80,81)85-60-66(73)59-84-90(78,79)86-63-67(61-82-69(74)55-50-45-39-18-15-12-8-3)88-71(76)57-52-47-42-35-20-17-14-11-7-2/h65-68,73H,6-64H2,1-5H3,(H,78,79)(H,80,81)/t65?,66-,67+,68+/m0/s1. The summed E-state index contributed by atoms with van der Waals surface area (Å²) in [5, 5.41) is 10.6. The molecule has 0 saturated heterocycles. The Morgan fingerprint density at radius 1 is 0.308 bits per heavy atom. The average molecular weight is 1340 g/mol. The number of hydrogen-bond donors (Lipinski definition) is 3. The van der Waals surface area contributed by atoms with Crippen LogP contribution >= 0.6 is 15.6 Å². The van der Waals surface area contributed by atoms with Gasteiger partial charge < -0.3 is 33.8 Å². The molecule has 0 saturated carbocycles. The summed E-state index contributed by atoms with van der Waals surface area (Å²) in [6.45, 7) is 7.27. The molecule has 0 heterocycles. The second-order valence-electron chi connectivity index (χ2n) is 26.2. The van der Waals surface area contributed by atoms with Crippen molar-refractivity contribution in [1.29, 1.82) is 0 Å². The second-order valence-corrected chi connectivity index (χ2v) is 29.1. The van der Waals surface area contributed by atoms with E-state index in [1.165, 1.54) is 186 Å². The third kappa shape index (κ3) is 65.1. The van der Waals surface area contributed by atoms with Crippen LogP contribution in [0.25, 0.3) is 0 Å². The molecule has 0 aromatic carbocycles. The first kappa shape index (κ1) is 89.1. The minimum Gasteiger partial charge on any atom is -0.462 e. The molecule has 540 valence electrons. The van der Waals surface area contributed by atoms with Crippen molar-refractivity contribution < 1.29 is 80.2 Å². The van der Waals surface area contributed by atoms with Gasteiger partial charge in [0.15, 0.2) is 12.2 Å². The Labute approximate surface area is 556 Å². The van der Waals surface area contributed by atoms with E-state index in [1.807, 2.05) is 0 Å². The number of unbranched alkanes of at least 4 members (excludes halogenated alkanes) is 43. The summed E-state index contributed by atoms with van der Waals surface area (Å²) >= 11 is 0. The highest BCUT2D eigenvalue weighted by Crippen LogP contribution is 2.45. The Balaban J connectivity index is 5.12. The molecule has 3 N–H and O–H groups in total. The Hall–Kier alpha value is -1.94. The first-order chi connectivity index (χ1) is 44.1. The molecular weight excluding hydrogens is 1200 g/mol. The average Bonchev–Trinajstić information content (AvgIpc) is 3.34. The fourth-order valence-electron chi connectivity index (χ4n) is 11.0. The van der Waals surface area contributed by atoms with Gasteiger partial charge in [0.1, 0.15) is 19.3 Å². The normalized spacial score (nSPS) is 14.3. The molecule has 0 aromatic rings. The molecule has 3 unspecified atom stereocenters. The summed E-state index contributed by atoms with van der Waals surface area (Å²) in [7, 11) is -9.89. The largest absolute Gasteiger partial charge is 0.472 e. The van der Waals surface area contributed by atoms with Gasteiger partial charge in [-0.25, -0.2) is 9.13 Å². The number of ether oxygens (including phenoxy) is 4. The van der Waals surface area contributed by atoms with E-state index in [9.17, 15) is 43.2 Å². The van der Waals surface area contributed by atoms with Crippen molar-refractivity contribution >= 4 is 39.5 Å². The Morgan fingerprint density at radius 3 is 0.780 bits per heavy atom. The van der Waals surface area contributed by atoms with Gasteiger partial charge in [-0.05, 0) is 31.6 Å². The maximum Gasteiger partial charge on any atom is 0.472 e. The zero-order chi connectivity index (χ0) is 67.0. The Morgan fingerprint density at radius 2 is 0.527 bits per heavy atom. The summed E-state index contributed by atoms with van der Waals surface area (Å²) in [6, 6.07) is 0. The molecule has 0 aromatic heterocycles. The molecule has 0 radical (unpaired) electrons.